The van der Waals surface area contributed by atoms with Gasteiger partial charge in [-0.25, -0.2) is 4.98 Å². The number of fused-ring (bicyclic) bond motifs is 2. The zero-order valence-electron chi connectivity index (χ0n) is 18.1. The van der Waals surface area contributed by atoms with Crippen LogP contribution in [0.2, 0.25) is 0 Å². The van der Waals surface area contributed by atoms with Gasteiger partial charge < -0.3 is 19.2 Å². The number of nitrogens with one attached hydrogen (secondary N) is 1. The number of carbonyl (C=O) groups excluding carboxylic acids is 1. The Hall–Kier alpha value is -3.49. The van der Waals surface area contributed by atoms with E-state index in [1.54, 1.807) is 18.2 Å². The van der Waals surface area contributed by atoms with Gasteiger partial charge in [-0.1, -0.05) is 58.4 Å². The molecule has 0 aliphatic carbocycles. The fourth-order valence-electron chi connectivity index (χ4n) is 3.86. The highest BCUT2D eigenvalue weighted by atomic mass is 79.9. The average Bonchev–Trinajstić information content (AvgIpc) is 2.86. The van der Waals surface area contributed by atoms with E-state index in [-0.39, 0.29) is 25.0 Å². The van der Waals surface area contributed by atoms with E-state index in [0.717, 1.165) is 21.2 Å². The average molecular weight is 521 g/mol. The zero-order chi connectivity index (χ0) is 23.5. The van der Waals surface area contributed by atoms with E-state index in [9.17, 15) is 9.59 Å². The molecule has 3 aromatic carbocycles. The van der Waals surface area contributed by atoms with Crippen LogP contribution in [0.25, 0.3) is 10.9 Å². The largest absolute Gasteiger partial charge is 0.461 e. The number of aromatic amines is 1. The lowest BCUT2D eigenvalue weighted by Gasteiger charge is -2.28. The molecule has 0 bridgehead atoms. The van der Waals surface area contributed by atoms with Gasteiger partial charge in [0.2, 0.25) is 6.29 Å². The van der Waals surface area contributed by atoms with Crippen LogP contribution in [0.1, 0.15) is 35.2 Å². The molecule has 0 fully saturated rings. The Kier molecular flexibility index (Phi) is 6.42. The third-order valence-corrected chi connectivity index (χ3v) is 5.97. The van der Waals surface area contributed by atoms with Crippen LogP contribution in [-0.4, -0.2) is 15.9 Å². The third kappa shape index (κ3) is 4.88. The summed E-state index contributed by atoms with van der Waals surface area (Å²) in [6.45, 7) is 0.445. The predicted molar refractivity (Wildman–Crippen MR) is 129 cm³/mol. The summed E-state index contributed by atoms with van der Waals surface area (Å²) in [6, 6.07) is 20.6. The number of hydrogen-bond acceptors (Lipinski definition) is 6. The minimum Gasteiger partial charge on any atom is -0.461 e. The van der Waals surface area contributed by atoms with Crippen molar-refractivity contribution in [3.8, 4) is 5.75 Å². The van der Waals surface area contributed by atoms with Crippen LogP contribution in [0.4, 0.5) is 0 Å². The molecule has 0 saturated carbocycles. The van der Waals surface area contributed by atoms with Gasteiger partial charge in [-0.15, -0.1) is 0 Å². The second-order valence-corrected chi connectivity index (χ2v) is 8.83. The fraction of sp³-hybridized carbons (Fsp3) is 0.192. The quantitative estimate of drug-likeness (QED) is 0.361. The lowest BCUT2D eigenvalue weighted by molar-refractivity contribution is -0.145. The molecular weight excluding hydrogens is 500 g/mol. The Balaban J connectivity index is 1.25. The number of esters is 1. The first-order valence-electron chi connectivity index (χ1n) is 10.8. The highest BCUT2D eigenvalue weighted by Gasteiger charge is 2.25. The first-order chi connectivity index (χ1) is 16.6. The molecule has 1 unspecified atom stereocenters. The van der Waals surface area contributed by atoms with E-state index in [0.29, 0.717) is 29.1 Å². The molecule has 0 radical (unpaired) electrons. The van der Waals surface area contributed by atoms with Gasteiger partial charge in [-0.3, -0.25) is 9.59 Å². The van der Waals surface area contributed by atoms with Crippen LogP contribution < -0.4 is 10.3 Å². The number of para-hydroxylation sites is 1. The summed E-state index contributed by atoms with van der Waals surface area (Å²) in [5.74, 6) is 0.722. The van der Waals surface area contributed by atoms with E-state index in [2.05, 4.69) is 25.9 Å². The van der Waals surface area contributed by atoms with Gasteiger partial charge in [0.25, 0.3) is 5.56 Å². The number of ether oxygens (including phenoxy) is 3. The predicted octanol–water partition coefficient (Wildman–Crippen LogP) is 4.97. The van der Waals surface area contributed by atoms with Crippen molar-refractivity contribution in [3.05, 3.63) is 104 Å². The maximum atomic E-state index is 12.5. The number of halogens is 1. The number of aromatic nitrogens is 2. The van der Waals surface area contributed by atoms with Gasteiger partial charge >= 0.3 is 5.97 Å². The molecular formula is C26H21BrN2O5. The van der Waals surface area contributed by atoms with Crippen LogP contribution >= 0.6 is 15.9 Å². The zero-order valence-corrected chi connectivity index (χ0v) is 19.7. The van der Waals surface area contributed by atoms with Crippen molar-refractivity contribution < 1.29 is 19.0 Å². The number of hydrogen-bond donors (Lipinski definition) is 1. The van der Waals surface area contributed by atoms with Crippen molar-refractivity contribution in [2.24, 2.45) is 0 Å². The maximum Gasteiger partial charge on any atom is 0.306 e. The van der Waals surface area contributed by atoms with E-state index in [1.165, 1.54) is 0 Å². The van der Waals surface area contributed by atoms with Gasteiger partial charge in [0, 0.05) is 27.6 Å². The van der Waals surface area contributed by atoms with Crippen molar-refractivity contribution in [2.75, 3.05) is 0 Å². The molecule has 172 valence electrons. The SMILES string of the molecule is O=C(CCc1nc2ccccc2c(=O)[nH]1)OCc1cc(Br)cc2c1OC(c1ccccc1)OC2. The molecule has 0 spiro atoms. The summed E-state index contributed by atoms with van der Waals surface area (Å²) >= 11 is 3.50. The van der Waals surface area contributed by atoms with Crippen LogP contribution in [0.3, 0.4) is 0 Å². The van der Waals surface area contributed by atoms with Gasteiger partial charge in [0.05, 0.1) is 23.9 Å². The standard InChI is InChI=1S/C26H21BrN2O5/c27-19-12-17(24-18(13-19)15-33-26(34-24)16-6-2-1-3-7-16)14-32-23(30)11-10-22-28-21-9-5-4-8-20(21)25(31)29-22/h1-9,12-13,26H,10-11,14-15H2,(H,28,29,31). The van der Waals surface area contributed by atoms with Gasteiger partial charge in [-0.2, -0.15) is 0 Å². The molecule has 5 rings (SSSR count). The van der Waals surface area contributed by atoms with Crippen LogP contribution in [0.15, 0.2) is 76.0 Å². The number of carbonyl (C=O) groups is 1. The Bertz CT molecular complexity index is 1400. The smallest absolute Gasteiger partial charge is 0.306 e. The maximum absolute atomic E-state index is 12.5. The summed E-state index contributed by atoms with van der Waals surface area (Å²) in [7, 11) is 0. The number of rotatable bonds is 6. The molecule has 7 nitrogen and oxygen atoms in total. The molecule has 4 aromatic rings. The summed E-state index contributed by atoms with van der Waals surface area (Å²) < 4.78 is 18.4. The molecule has 1 atom stereocenters. The molecule has 34 heavy (non-hydrogen) atoms. The van der Waals surface area contributed by atoms with Crippen LogP contribution in [0, 0.1) is 0 Å². The number of aryl methyl sites for hydroxylation is 1. The number of H-pyrrole nitrogens is 1. The molecule has 0 saturated heterocycles. The van der Waals surface area contributed by atoms with Crippen molar-refractivity contribution in [2.45, 2.75) is 32.3 Å². The summed E-state index contributed by atoms with van der Waals surface area (Å²) in [5.41, 5.74) is 2.92. The topological polar surface area (TPSA) is 90.5 Å². The lowest BCUT2D eigenvalue weighted by Crippen LogP contribution is -2.19. The number of benzene rings is 3. The lowest BCUT2D eigenvalue weighted by atomic mass is 10.1. The molecule has 1 N–H and O–H groups in total. The number of nitrogens with zero attached hydrogens (tertiary/aromatic N) is 1. The third-order valence-electron chi connectivity index (χ3n) is 5.51. The van der Waals surface area contributed by atoms with Crippen LogP contribution in [-0.2, 0) is 33.9 Å². The van der Waals surface area contributed by atoms with E-state index >= 15 is 0 Å². The second kappa shape index (κ2) is 9.79. The molecule has 8 heteroatoms. The summed E-state index contributed by atoms with van der Waals surface area (Å²) in [6.07, 6.45) is -0.163. The summed E-state index contributed by atoms with van der Waals surface area (Å²) in [4.78, 5) is 31.8. The van der Waals surface area contributed by atoms with Gasteiger partial charge in [0.1, 0.15) is 18.2 Å². The Labute approximate surface area is 203 Å². The van der Waals surface area contributed by atoms with Crippen LogP contribution in [0.5, 0.6) is 5.75 Å². The Morgan fingerprint density at radius 3 is 2.76 bits per heavy atom. The van der Waals surface area contributed by atoms with Crippen molar-refractivity contribution in [1.82, 2.24) is 9.97 Å². The van der Waals surface area contributed by atoms with Gasteiger partial charge in [0.15, 0.2) is 0 Å². The fourth-order valence-corrected chi connectivity index (χ4v) is 4.42. The first-order valence-corrected chi connectivity index (χ1v) is 11.6. The Morgan fingerprint density at radius 1 is 1.12 bits per heavy atom. The van der Waals surface area contributed by atoms with E-state index in [1.807, 2.05) is 48.5 Å². The van der Waals surface area contributed by atoms with Crippen molar-refractivity contribution in [3.63, 3.8) is 0 Å². The monoisotopic (exact) mass is 520 g/mol. The van der Waals surface area contributed by atoms with E-state index < -0.39 is 12.3 Å². The molecule has 2 heterocycles. The van der Waals surface area contributed by atoms with Gasteiger partial charge in [-0.05, 0) is 24.3 Å². The summed E-state index contributed by atoms with van der Waals surface area (Å²) in [5, 5.41) is 0.519. The van der Waals surface area contributed by atoms with Crippen molar-refractivity contribution >= 4 is 32.8 Å². The first kappa shape index (κ1) is 22.3. The molecule has 1 aromatic heterocycles. The Morgan fingerprint density at radius 2 is 1.91 bits per heavy atom. The highest BCUT2D eigenvalue weighted by Crippen LogP contribution is 2.38. The molecule has 0 amide bonds. The highest BCUT2D eigenvalue weighted by molar-refractivity contribution is 9.10. The minimum absolute atomic E-state index is 0.0593. The minimum atomic E-state index is -0.528. The normalized spacial score (nSPS) is 14.9. The second-order valence-electron chi connectivity index (χ2n) is 7.92. The van der Waals surface area contributed by atoms with Crippen molar-refractivity contribution in [1.29, 1.82) is 0 Å². The molecule has 1 aliphatic heterocycles. The molecule has 1 aliphatic rings. The van der Waals surface area contributed by atoms with E-state index in [4.69, 9.17) is 14.2 Å².